The molecule has 1 aromatic rings. The van der Waals surface area contributed by atoms with Crippen molar-refractivity contribution >= 4 is 57.0 Å². The van der Waals surface area contributed by atoms with Crippen LogP contribution in [0, 0.1) is 0 Å². The molecule has 2 aliphatic carbocycles. The first-order valence-electron chi connectivity index (χ1n) is 15.3. The molecule has 222 valence electrons. The zero-order chi connectivity index (χ0) is 30.7. The zero-order valence-electron chi connectivity index (χ0n) is 27.7. The Kier molecular flexibility index (Phi) is 24.2. The van der Waals surface area contributed by atoms with Crippen LogP contribution in [0.2, 0.25) is 0 Å². The maximum absolute atomic E-state index is 9.98. The molecular formula is C37H55NO2Sr. The Bertz CT molecular complexity index is 1110. The number of carbonyl (C=O) groups is 1. The molecule has 0 heterocycles. The van der Waals surface area contributed by atoms with Crippen molar-refractivity contribution in [1.82, 2.24) is 0 Å². The standard InChI is InChI=1S/C28H36N.C5H8O2.2C2H6.Sr/c1-5-7-13-20(3)24-16-11-12-17-25(24)28(29)27-19-22(6-2)21(4)18-26(27)23-14-9-8-10-15-23;1-4(6)3-5(2)7;2*1-2;/h5,7,9,11-12,14,16-17,20,29H,6,8,10,13,15,18-19H2,1-4H3;3,6H,1-2H3;2*1-2H3;/q-1;;;;+2/p-1/b7-5?,26-23-,28-27-;4-3-;;;. The molecule has 0 saturated carbocycles. The number of ketones is 1. The summed E-state index contributed by atoms with van der Waals surface area (Å²) in [6.07, 6.45) is 17.7. The molecule has 41 heavy (non-hydrogen) atoms. The fourth-order valence-corrected chi connectivity index (χ4v) is 4.98. The van der Waals surface area contributed by atoms with Crippen LogP contribution in [-0.4, -0.2) is 51.3 Å². The molecule has 0 amide bonds. The first kappa shape index (κ1) is 41.5. The van der Waals surface area contributed by atoms with E-state index in [9.17, 15) is 15.6 Å². The quantitative estimate of drug-likeness (QED) is 0.135. The van der Waals surface area contributed by atoms with Crippen molar-refractivity contribution < 1.29 is 9.90 Å². The minimum Gasteiger partial charge on any atom is -0.876 e. The number of allylic oxidation sites excluding steroid dienone is 11. The first-order chi connectivity index (χ1) is 19.2. The largest absolute Gasteiger partial charge is 2.00 e. The van der Waals surface area contributed by atoms with Gasteiger partial charge < -0.3 is 10.8 Å². The maximum atomic E-state index is 9.98. The molecule has 0 aromatic heterocycles. The van der Waals surface area contributed by atoms with Crippen LogP contribution < -0.4 is 5.11 Å². The van der Waals surface area contributed by atoms with Crippen molar-refractivity contribution in [3.8, 4) is 0 Å². The van der Waals surface area contributed by atoms with E-state index < -0.39 is 0 Å². The average molecular weight is 633 g/mol. The van der Waals surface area contributed by atoms with Crippen LogP contribution in [0.5, 0.6) is 0 Å². The predicted molar refractivity (Wildman–Crippen MR) is 181 cm³/mol. The van der Waals surface area contributed by atoms with E-state index in [2.05, 4.69) is 76.3 Å². The Morgan fingerprint density at radius 1 is 1.10 bits per heavy atom. The van der Waals surface area contributed by atoms with E-state index in [4.69, 9.17) is 0 Å². The summed E-state index contributed by atoms with van der Waals surface area (Å²) in [5.74, 6) is 0.0422. The van der Waals surface area contributed by atoms with Crippen molar-refractivity contribution in [3.05, 3.63) is 105 Å². The number of benzene rings is 1. The molecular weight excluding hydrogens is 578 g/mol. The second-order valence-corrected chi connectivity index (χ2v) is 9.90. The van der Waals surface area contributed by atoms with Gasteiger partial charge in [0.25, 0.3) is 0 Å². The maximum Gasteiger partial charge on any atom is 2.00 e. The number of nitrogens with one attached hydrogen (secondary N) is 1. The van der Waals surface area contributed by atoms with Crippen LogP contribution in [0.3, 0.4) is 0 Å². The minimum absolute atomic E-state index is 0. The third-order valence-electron chi connectivity index (χ3n) is 6.94. The topological polar surface area (TPSA) is 63.9 Å². The van der Waals surface area contributed by atoms with Crippen LogP contribution >= 0.6 is 0 Å². The summed E-state index contributed by atoms with van der Waals surface area (Å²) in [7, 11) is 0. The van der Waals surface area contributed by atoms with Gasteiger partial charge in [-0.15, -0.1) is 11.5 Å². The molecule has 0 bridgehead atoms. The van der Waals surface area contributed by atoms with Crippen LogP contribution in [0.15, 0.2) is 88.3 Å². The van der Waals surface area contributed by atoms with E-state index in [0.29, 0.717) is 5.92 Å². The van der Waals surface area contributed by atoms with Crippen LogP contribution in [-0.2, 0) is 4.79 Å². The number of hydrogen-bond donors (Lipinski definition) is 0. The van der Waals surface area contributed by atoms with Gasteiger partial charge in [0.15, 0.2) is 5.78 Å². The van der Waals surface area contributed by atoms with E-state index in [1.54, 1.807) is 0 Å². The smallest absolute Gasteiger partial charge is 0.876 e. The Morgan fingerprint density at radius 3 is 2.22 bits per heavy atom. The van der Waals surface area contributed by atoms with Crippen molar-refractivity contribution in [2.24, 2.45) is 0 Å². The second kappa shape index (κ2) is 23.9. The van der Waals surface area contributed by atoms with Gasteiger partial charge in [-0.25, -0.2) is 0 Å². The molecule has 3 nitrogen and oxygen atoms in total. The Balaban J connectivity index is 0. The van der Waals surface area contributed by atoms with Crippen LogP contribution in [0.4, 0.5) is 0 Å². The SMILES string of the molecule is CC.CC.CC(=O)/C=C(/C)[O-].CC=CCC(C)c1ccccc1/C([NH-])=C1\CC(CC)=C(C)C\C1=C1/C=CCCC1.[Sr+2]. The monoisotopic (exact) mass is 633 g/mol. The van der Waals surface area contributed by atoms with Gasteiger partial charge in [-0.1, -0.05) is 114 Å². The number of rotatable bonds is 6. The van der Waals surface area contributed by atoms with E-state index in [1.807, 2.05) is 27.7 Å². The molecule has 1 atom stereocenters. The summed E-state index contributed by atoms with van der Waals surface area (Å²) in [4.78, 5) is 9.98. The van der Waals surface area contributed by atoms with E-state index in [0.717, 1.165) is 49.4 Å². The molecule has 0 spiro atoms. The molecule has 2 aliphatic rings. The Hall–Kier alpha value is -1.59. The molecule has 3 rings (SSSR count). The molecule has 0 radical (unpaired) electrons. The van der Waals surface area contributed by atoms with Gasteiger partial charge in [0.1, 0.15) is 0 Å². The van der Waals surface area contributed by atoms with E-state index in [-0.39, 0.29) is 57.0 Å². The summed E-state index contributed by atoms with van der Waals surface area (Å²) >= 11 is 0. The van der Waals surface area contributed by atoms with Gasteiger partial charge in [0, 0.05) is 0 Å². The normalized spacial score (nSPS) is 18.5. The van der Waals surface area contributed by atoms with Crippen LogP contribution in [0.25, 0.3) is 11.4 Å². The Labute approximate surface area is 289 Å². The molecule has 1 aromatic carbocycles. The fraction of sp³-hybridized carbons (Fsp3) is 0.486. The predicted octanol–water partition coefficient (Wildman–Crippen LogP) is 10.6. The van der Waals surface area contributed by atoms with E-state index >= 15 is 0 Å². The van der Waals surface area contributed by atoms with Gasteiger partial charge >= 0.3 is 45.5 Å². The average Bonchev–Trinajstić information content (AvgIpc) is 2.97. The van der Waals surface area contributed by atoms with Gasteiger partial charge in [-0.05, 0) is 100.0 Å². The number of hydrogen-bond acceptors (Lipinski definition) is 2. The second-order valence-electron chi connectivity index (χ2n) is 9.90. The summed E-state index contributed by atoms with van der Waals surface area (Å²) in [6, 6.07) is 8.59. The van der Waals surface area contributed by atoms with Gasteiger partial charge in [0.2, 0.25) is 0 Å². The summed E-state index contributed by atoms with van der Waals surface area (Å²) in [6.45, 7) is 19.6. The van der Waals surface area contributed by atoms with Gasteiger partial charge in [-0.3, -0.25) is 4.79 Å². The molecule has 4 heteroatoms. The molecule has 0 saturated heterocycles. The Morgan fingerprint density at radius 2 is 1.73 bits per heavy atom. The molecule has 1 N–H and O–H groups in total. The first-order valence-corrected chi connectivity index (χ1v) is 15.3. The third-order valence-corrected chi connectivity index (χ3v) is 6.94. The van der Waals surface area contributed by atoms with Crippen molar-refractivity contribution in [1.29, 1.82) is 0 Å². The number of carbonyl (C=O) groups excluding carboxylic acids is 1. The minimum atomic E-state index is -0.187. The summed E-state index contributed by atoms with van der Waals surface area (Å²) in [5.41, 5.74) is 19.6. The summed E-state index contributed by atoms with van der Waals surface area (Å²) in [5, 5.41) is 9.98. The van der Waals surface area contributed by atoms with E-state index in [1.165, 1.54) is 60.1 Å². The fourth-order valence-electron chi connectivity index (χ4n) is 4.98. The van der Waals surface area contributed by atoms with Crippen molar-refractivity contribution in [2.75, 3.05) is 0 Å². The molecule has 1 unspecified atom stereocenters. The van der Waals surface area contributed by atoms with Gasteiger partial charge in [-0.2, -0.15) is 0 Å². The van der Waals surface area contributed by atoms with Crippen molar-refractivity contribution in [3.63, 3.8) is 0 Å². The van der Waals surface area contributed by atoms with Crippen molar-refractivity contribution in [2.45, 2.75) is 120 Å². The third kappa shape index (κ3) is 14.4. The zero-order valence-corrected chi connectivity index (χ0v) is 31.2. The summed E-state index contributed by atoms with van der Waals surface area (Å²) < 4.78 is 0. The van der Waals surface area contributed by atoms with Crippen LogP contribution in [0.1, 0.15) is 131 Å². The molecule has 0 fully saturated rings. The van der Waals surface area contributed by atoms with Gasteiger partial charge in [0.05, 0.1) is 0 Å². The molecule has 0 aliphatic heterocycles.